The maximum Gasteiger partial charge on any atom is 0.305 e. The molecule has 0 rings (SSSR count). The summed E-state index contributed by atoms with van der Waals surface area (Å²) in [6.45, 7) is 5.02. The Kier molecular flexibility index (Phi) is 81.3. The molecule has 6 nitrogen and oxygen atoms in total. The fraction of sp³-hybridized carbons (Fsp3) is 0.977. The van der Waals surface area contributed by atoms with Crippen molar-refractivity contribution < 1.29 is 24.5 Å². The third-order valence-corrected chi connectivity index (χ3v) is 20.9. The molecule has 0 radical (unpaired) electrons. The lowest BCUT2D eigenvalue weighted by Crippen LogP contribution is -2.45. The van der Waals surface area contributed by atoms with Gasteiger partial charge in [-0.25, -0.2) is 0 Å². The van der Waals surface area contributed by atoms with Gasteiger partial charge in [-0.2, -0.15) is 0 Å². The summed E-state index contributed by atoms with van der Waals surface area (Å²) in [7, 11) is 0. The van der Waals surface area contributed by atoms with Crippen molar-refractivity contribution in [2.24, 2.45) is 0 Å². The molecule has 0 aliphatic heterocycles. The van der Waals surface area contributed by atoms with Gasteiger partial charge in [-0.15, -0.1) is 0 Å². The summed E-state index contributed by atoms with van der Waals surface area (Å²) in [6.07, 6.45) is 104. The maximum atomic E-state index is 12.6. The Bertz CT molecular complexity index is 1360. The smallest absolute Gasteiger partial charge is 0.305 e. The zero-order chi connectivity index (χ0) is 66.3. The second kappa shape index (κ2) is 82.3. The Labute approximate surface area is 578 Å². The topological polar surface area (TPSA) is 95.9 Å². The number of hydrogen-bond donors (Lipinski definition) is 3. The van der Waals surface area contributed by atoms with Crippen molar-refractivity contribution in [2.75, 3.05) is 13.2 Å². The van der Waals surface area contributed by atoms with Gasteiger partial charge in [0.2, 0.25) is 5.91 Å². The first-order chi connectivity index (χ1) is 45.5. The minimum Gasteiger partial charge on any atom is -0.466 e. The van der Waals surface area contributed by atoms with Crippen LogP contribution >= 0.6 is 0 Å². The number of carbonyl (C=O) groups is 2. The number of rotatable bonds is 83. The molecule has 0 saturated heterocycles. The zero-order valence-corrected chi connectivity index (χ0v) is 63.3. The molecule has 3 N–H and O–H groups in total. The van der Waals surface area contributed by atoms with Gasteiger partial charge in [-0.1, -0.05) is 476 Å². The normalized spacial score (nSPS) is 12.3. The second-order valence-electron chi connectivity index (χ2n) is 30.2. The molecule has 0 aliphatic rings. The van der Waals surface area contributed by atoms with E-state index >= 15 is 0 Å². The van der Waals surface area contributed by atoms with E-state index in [1.54, 1.807) is 0 Å². The molecule has 0 fully saturated rings. The summed E-state index contributed by atoms with van der Waals surface area (Å²) in [6, 6.07) is -0.537. The minimum absolute atomic E-state index is 0.0218. The van der Waals surface area contributed by atoms with Gasteiger partial charge in [0.1, 0.15) is 0 Å². The zero-order valence-electron chi connectivity index (χ0n) is 63.3. The summed E-state index contributed by atoms with van der Waals surface area (Å²) in [5.74, 6) is 0.00441. The van der Waals surface area contributed by atoms with E-state index in [1.165, 1.54) is 443 Å². The third-order valence-electron chi connectivity index (χ3n) is 20.9. The first kappa shape index (κ1) is 90.9. The van der Waals surface area contributed by atoms with Crippen molar-refractivity contribution in [3.05, 3.63) is 0 Å². The highest BCUT2D eigenvalue weighted by atomic mass is 16.5. The van der Waals surface area contributed by atoms with Crippen LogP contribution in [0.5, 0.6) is 0 Å². The van der Waals surface area contributed by atoms with Gasteiger partial charge in [-0.05, 0) is 25.7 Å². The molecule has 0 aromatic rings. The molecular weight excluding hydrogens is 1130 g/mol. The van der Waals surface area contributed by atoms with Gasteiger partial charge >= 0.3 is 5.97 Å². The van der Waals surface area contributed by atoms with Crippen molar-refractivity contribution in [2.45, 2.75) is 527 Å². The Morgan fingerprint density at radius 3 is 0.663 bits per heavy atom. The van der Waals surface area contributed by atoms with Gasteiger partial charge in [0.15, 0.2) is 0 Å². The average molecular weight is 1300 g/mol. The largest absolute Gasteiger partial charge is 0.466 e. The lowest BCUT2D eigenvalue weighted by atomic mass is 10.0. The van der Waals surface area contributed by atoms with Crippen LogP contribution < -0.4 is 5.32 Å². The average Bonchev–Trinajstić information content (AvgIpc) is 3.77. The highest BCUT2D eigenvalue weighted by Gasteiger charge is 2.20. The highest BCUT2D eigenvalue weighted by Crippen LogP contribution is 2.22. The number of ether oxygens (including phenoxy) is 1. The molecule has 550 valence electrons. The number of hydrogen-bond acceptors (Lipinski definition) is 5. The predicted octanol–water partition coefficient (Wildman–Crippen LogP) is 28.8. The monoisotopic (exact) mass is 1300 g/mol. The number of unbranched alkanes of at least 4 members (excludes halogenated alkanes) is 72. The van der Waals surface area contributed by atoms with Crippen LogP contribution in [0.1, 0.15) is 515 Å². The van der Waals surface area contributed by atoms with Crippen LogP contribution in [0.3, 0.4) is 0 Å². The molecule has 0 aromatic carbocycles. The van der Waals surface area contributed by atoms with Crippen LogP contribution in [0, 0.1) is 0 Å². The van der Waals surface area contributed by atoms with Gasteiger partial charge in [0.05, 0.1) is 25.4 Å². The number of aliphatic hydroxyl groups excluding tert-OH is 2. The van der Waals surface area contributed by atoms with Crippen molar-refractivity contribution in [1.82, 2.24) is 5.32 Å². The van der Waals surface area contributed by atoms with Crippen molar-refractivity contribution in [3.8, 4) is 0 Å². The number of nitrogens with one attached hydrogen (secondary N) is 1. The van der Waals surface area contributed by atoms with Crippen LogP contribution in [-0.2, 0) is 14.3 Å². The molecule has 2 atom stereocenters. The lowest BCUT2D eigenvalue weighted by molar-refractivity contribution is -0.143. The van der Waals surface area contributed by atoms with E-state index in [4.69, 9.17) is 4.74 Å². The van der Waals surface area contributed by atoms with E-state index in [1.807, 2.05) is 0 Å². The Hall–Kier alpha value is -1.14. The summed E-state index contributed by atoms with van der Waals surface area (Å²) >= 11 is 0. The van der Waals surface area contributed by atoms with Crippen molar-refractivity contribution >= 4 is 11.9 Å². The van der Waals surface area contributed by atoms with Gasteiger partial charge < -0.3 is 20.3 Å². The standard InChI is InChI=1S/C86H171NO5/c1-3-5-7-9-11-13-15-17-18-19-20-21-22-40-43-46-49-52-55-58-62-66-70-74-78-84(89)83(82-88)87-85(90)79-75-71-67-63-59-56-53-50-47-44-41-38-36-34-32-30-28-26-24-23-25-27-29-31-33-35-37-39-42-45-48-51-54-57-61-65-69-73-77-81-92-86(91)80-76-72-68-64-60-16-14-12-10-8-6-4-2/h83-84,88-89H,3-82H2,1-2H3,(H,87,90). The quantitative estimate of drug-likeness (QED) is 0.0417. The van der Waals surface area contributed by atoms with Crippen LogP contribution in [0.2, 0.25) is 0 Å². The Balaban J connectivity index is 3.29. The minimum atomic E-state index is -0.661. The molecule has 0 aliphatic carbocycles. The summed E-state index contributed by atoms with van der Waals surface area (Å²) in [5.41, 5.74) is 0. The van der Waals surface area contributed by atoms with E-state index in [9.17, 15) is 19.8 Å². The SMILES string of the molecule is CCCCCCCCCCCCCCCCCCCCCCCCCCC(O)C(CO)NC(=O)CCCCCCCCCCCCCCCCCCCCCCCCCCCCCCCCCCCCCCCCCOC(=O)CCCCCCCCCCCCCC. The van der Waals surface area contributed by atoms with Gasteiger partial charge in [0.25, 0.3) is 0 Å². The molecule has 0 aromatic heterocycles. The van der Waals surface area contributed by atoms with Crippen LogP contribution in [0.15, 0.2) is 0 Å². The summed E-state index contributed by atoms with van der Waals surface area (Å²) < 4.78 is 5.49. The van der Waals surface area contributed by atoms with E-state index in [0.29, 0.717) is 25.9 Å². The molecule has 1 amide bonds. The molecule has 0 spiro atoms. The summed E-state index contributed by atoms with van der Waals surface area (Å²) in [4.78, 5) is 24.6. The molecule has 0 bridgehead atoms. The Morgan fingerprint density at radius 2 is 0.446 bits per heavy atom. The second-order valence-corrected chi connectivity index (χ2v) is 30.2. The van der Waals surface area contributed by atoms with Gasteiger partial charge in [0, 0.05) is 12.8 Å². The molecule has 92 heavy (non-hydrogen) atoms. The van der Waals surface area contributed by atoms with E-state index in [0.717, 1.165) is 38.5 Å². The fourth-order valence-corrected chi connectivity index (χ4v) is 14.4. The van der Waals surface area contributed by atoms with E-state index < -0.39 is 12.1 Å². The number of amides is 1. The van der Waals surface area contributed by atoms with Crippen molar-refractivity contribution in [3.63, 3.8) is 0 Å². The molecule has 0 saturated carbocycles. The Morgan fingerprint density at radius 1 is 0.261 bits per heavy atom. The van der Waals surface area contributed by atoms with E-state index in [2.05, 4.69) is 19.2 Å². The van der Waals surface area contributed by atoms with Crippen LogP contribution in [0.4, 0.5) is 0 Å². The molecule has 0 heterocycles. The number of esters is 1. The number of aliphatic hydroxyl groups is 2. The number of carbonyl (C=O) groups excluding carboxylic acids is 2. The van der Waals surface area contributed by atoms with Crippen LogP contribution in [0.25, 0.3) is 0 Å². The third kappa shape index (κ3) is 77.9. The first-order valence-corrected chi connectivity index (χ1v) is 43.3. The van der Waals surface area contributed by atoms with E-state index in [-0.39, 0.29) is 18.5 Å². The molecule has 2 unspecified atom stereocenters. The fourth-order valence-electron chi connectivity index (χ4n) is 14.4. The molecule has 6 heteroatoms. The predicted molar refractivity (Wildman–Crippen MR) is 407 cm³/mol. The summed E-state index contributed by atoms with van der Waals surface area (Å²) in [5, 5.41) is 23.5. The lowest BCUT2D eigenvalue weighted by Gasteiger charge is -2.22. The highest BCUT2D eigenvalue weighted by molar-refractivity contribution is 5.76. The first-order valence-electron chi connectivity index (χ1n) is 43.3. The van der Waals surface area contributed by atoms with Crippen molar-refractivity contribution in [1.29, 1.82) is 0 Å². The van der Waals surface area contributed by atoms with Crippen LogP contribution in [-0.4, -0.2) is 47.4 Å². The van der Waals surface area contributed by atoms with Gasteiger partial charge in [-0.3, -0.25) is 9.59 Å². The maximum absolute atomic E-state index is 12.6. The molecular formula is C86H171NO5.